The number of halogens is 7. The number of benzene rings is 1. The zero-order chi connectivity index (χ0) is 22.2. The maximum atomic E-state index is 14.4. The van der Waals surface area contributed by atoms with Gasteiger partial charge in [0.1, 0.15) is 11.2 Å². The van der Waals surface area contributed by atoms with Crippen molar-refractivity contribution in [2.24, 2.45) is 5.41 Å². The molecule has 1 amide bonds. The number of rotatable bonds is 4. The van der Waals surface area contributed by atoms with Crippen LogP contribution < -0.4 is 4.90 Å². The van der Waals surface area contributed by atoms with Crippen molar-refractivity contribution in [2.75, 3.05) is 36.8 Å². The van der Waals surface area contributed by atoms with Crippen LogP contribution in [0.1, 0.15) is 19.4 Å². The molecule has 29 heavy (non-hydrogen) atoms. The summed E-state index contributed by atoms with van der Waals surface area (Å²) in [7, 11) is 0. The number of carbonyl (C=O) groups is 1. The second-order valence-electron chi connectivity index (χ2n) is 7.37. The Morgan fingerprint density at radius 3 is 2.07 bits per heavy atom. The van der Waals surface area contributed by atoms with Crippen LogP contribution >= 0.6 is 11.8 Å². The van der Waals surface area contributed by atoms with Gasteiger partial charge in [0.2, 0.25) is 5.91 Å². The second-order valence-corrected chi connectivity index (χ2v) is 8.39. The molecule has 0 atom stereocenters. The van der Waals surface area contributed by atoms with E-state index in [1.807, 2.05) is 0 Å². The number of hydrogen-bond donors (Lipinski definition) is 0. The van der Waals surface area contributed by atoms with E-state index in [4.69, 9.17) is 0 Å². The Balaban J connectivity index is 2.12. The molecule has 0 radical (unpaired) electrons. The normalized spacial score (nSPS) is 16.3. The summed E-state index contributed by atoms with van der Waals surface area (Å²) in [6, 6.07) is 2.45. The molecule has 3 nitrogen and oxygen atoms in total. The number of piperazine rings is 1. The van der Waals surface area contributed by atoms with Gasteiger partial charge >= 0.3 is 12.4 Å². The van der Waals surface area contributed by atoms with E-state index in [2.05, 4.69) is 0 Å². The van der Waals surface area contributed by atoms with Crippen LogP contribution in [0.5, 0.6) is 0 Å². The predicted octanol–water partition coefficient (Wildman–Crippen LogP) is 5.03. The molecule has 1 saturated heterocycles. The molecule has 1 heterocycles. The molecule has 11 heteroatoms. The van der Waals surface area contributed by atoms with Gasteiger partial charge in [-0.2, -0.15) is 26.3 Å². The number of nitrogens with zero attached hydrogens (tertiary/aromatic N) is 2. The molecule has 0 aliphatic carbocycles. The van der Waals surface area contributed by atoms with E-state index in [-0.39, 0.29) is 36.8 Å². The number of anilines is 1. The van der Waals surface area contributed by atoms with E-state index in [0.29, 0.717) is 17.3 Å². The zero-order valence-electron chi connectivity index (χ0n) is 16.0. The second kappa shape index (κ2) is 8.23. The van der Waals surface area contributed by atoms with Crippen molar-refractivity contribution in [3.63, 3.8) is 0 Å². The maximum Gasteiger partial charge on any atom is 0.402 e. The van der Waals surface area contributed by atoms with E-state index in [1.54, 1.807) is 0 Å². The van der Waals surface area contributed by atoms with Gasteiger partial charge in [-0.05, 0) is 38.5 Å². The van der Waals surface area contributed by atoms with Gasteiger partial charge in [0, 0.05) is 31.1 Å². The average Bonchev–Trinajstić information content (AvgIpc) is 2.59. The number of hydrogen-bond acceptors (Lipinski definition) is 3. The molecule has 0 saturated carbocycles. The Kier molecular flexibility index (Phi) is 6.71. The van der Waals surface area contributed by atoms with Crippen molar-refractivity contribution < 1.29 is 35.5 Å². The summed E-state index contributed by atoms with van der Waals surface area (Å²) in [5, 5.41) is 0. The predicted molar refractivity (Wildman–Crippen MR) is 96.5 cm³/mol. The van der Waals surface area contributed by atoms with Crippen LogP contribution in [0.3, 0.4) is 0 Å². The van der Waals surface area contributed by atoms with Crippen molar-refractivity contribution in [1.29, 1.82) is 0 Å². The molecule has 0 N–H and O–H groups in total. The van der Waals surface area contributed by atoms with E-state index >= 15 is 0 Å². The van der Waals surface area contributed by atoms with Gasteiger partial charge in [0.25, 0.3) is 0 Å². The third-order valence-electron chi connectivity index (χ3n) is 4.79. The largest absolute Gasteiger partial charge is 0.402 e. The topological polar surface area (TPSA) is 23.6 Å². The lowest BCUT2D eigenvalue weighted by atomic mass is 9.90. The van der Waals surface area contributed by atoms with Crippen LogP contribution in [0.15, 0.2) is 17.0 Å². The smallest absolute Gasteiger partial charge is 0.366 e. The lowest BCUT2D eigenvalue weighted by Crippen LogP contribution is -2.55. The fraction of sp³-hybridized carbons (Fsp3) is 0.611. The fourth-order valence-electron chi connectivity index (χ4n) is 2.87. The lowest BCUT2D eigenvalue weighted by Gasteiger charge is -2.40. The molecule has 0 spiro atoms. The fourth-order valence-corrected chi connectivity index (χ4v) is 3.67. The highest BCUT2D eigenvalue weighted by Gasteiger charge is 2.54. The number of aryl methyl sites for hydroxylation is 1. The minimum Gasteiger partial charge on any atom is -0.366 e. The standard InChI is InChI=1S/C18H21F7N2OS/c1-11-8-12(19)13(9-14(11)29-10-17(20,21)22)26-4-6-27(7-5-26)15(28)16(2,3)18(23,24)25/h8-9H,4-7,10H2,1-3H3. The van der Waals surface area contributed by atoms with Gasteiger partial charge in [-0.3, -0.25) is 4.79 Å². The summed E-state index contributed by atoms with van der Waals surface area (Å²) in [4.78, 5) is 15.1. The van der Waals surface area contributed by atoms with Crippen LogP contribution in [-0.2, 0) is 4.79 Å². The molecule has 0 unspecified atom stereocenters. The van der Waals surface area contributed by atoms with Gasteiger partial charge in [-0.1, -0.05) is 0 Å². The highest BCUT2D eigenvalue weighted by molar-refractivity contribution is 7.99. The van der Waals surface area contributed by atoms with E-state index in [9.17, 15) is 35.5 Å². The Morgan fingerprint density at radius 2 is 1.59 bits per heavy atom. The summed E-state index contributed by atoms with van der Waals surface area (Å²) in [5.41, 5.74) is -2.10. The first-order valence-corrected chi connectivity index (χ1v) is 9.73. The molecule has 1 aromatic carbocycles. The van der Waals surface area contributed by atoms with Crippen molar-refractivity contribution in [1.82, 2.24) is 4.90 Å². The van der Waals surface area contributed by atoms with Gasteiger partial charge in [0.15, 0.2) is 0 Å². The number of alkyl halides is 6. The van der Waals surface area contributed by atoms with E-state index in [1.165, 1.54) is 17.9 Å². The van der Waals surface area contributed by atoms with Crippen molar-refractivity contribution in [3.05, 3.63) is 23.5 Å². The highest BCUT2D eigenvalue weighted by Crippen LogP contribution is 2.39. The monoisotopic (exact) mass is 446 g/mol. The lowest BCUT2D eigenvalue weighted by molar-refractivity contribution is -0.217. The van der Waals surface area contributed by atoms with Crippen LogP contribution in [0, 0.1) is 18.2 Å². The summed E-state index contributed by atoms with van der Waals surface area (Å²) >= 11 is 0.545. The number of thioether (sulfide) groups is 1. The first kappa shape index (κ1) is 23.6. The third kappa shape index (κ3) is 5.49. The van der Waals surface area contributed by atoms with Crippen molar-refractivity contribution >= 4 is 23.4 Å². The number of carbonyl (C=O) groups excluding carboxylic acids is 1. The molecule has 164 valence electrons. The van der Waals surface area contributed by atoms with Gasteiger partial charge in [-0.15, -0.1) is 11.8 Å². The molecule has 0 bridgehead atoms. The Labute approximate surface area is 168 Å². The average molecular weight is 446 g/mol. The zero-order valence-corrected chi connectivity index (χ0v) is 16.9. The van der Waals surface area contributed by atoms with Gasteiger partial charge in [0.05, 0.1) is 11.4 Å². The molecular formula is C18H21F7N2OS. The van der Waals surface area contributed by atoms with E-state index < -0.39 is 35.2 Å². The van der Waals surface area contributed by atoms with Crippen LogP contribution in [-0.4, -0.2) is 55.1 Å². The minimum absolute atomic E-state index is 0.0450. The van der Waals surface area contributed by atoms with Crippen LogP contribution in [0.4, 0.5) is 36.4 Å². The van der Waals surface area contributed by atoms with Crippen molar-refractivity contribution in [2.45, 2.75) is 38.0 Å². The minimum atomic E-state index is -4.70. The van der Waals surface area contributed by atoms with Crippen LogP contribution in [0.25, 0.3) is 0 Å². The SMILES string of the molecule is Cc1cc(F)c(N2CCN(C(=O)C(C)(C)C(F)(F)F)CC2)cc1SCC(F)(F)F. The van der Waals surface area contributed by atoms with Crippen LogP contribution in [0.2, 0.25) is 0 Å². The first-order chi connectivity index (χ1) is 13.1. The number of amides is 1. The molecular weight excluding hydrogens is 425 g/mol. The summed E-state index contributed by atoms with van der Waals surface area (Å²) in [5.74, 6) is -2.81. The van der Waals surface area contributed by atoms with E-state index in [0.717, 1.165) is 24.8 Å². The summed E-state index contributed by atoms with van der Waals surface area (Å²) < 4.78 is 91.1. The summed E-state index contributed by atoms with van der Waals surface area (Å²) in [6.07, 6.45) is -9.07. The maximum absolute atomic E-state index is 14.4. The molecule has 1 aliphatic heterocycles. The molecule has 1 aliphatic rings. The summed E-state index contributed by atoms with van der Waals surface area (Å²) in [6.45, 7) is 3.18. The quantitative estimate of drug-likeness (QED) is 0.479. The Morgan fingerprint density at radius 1 is 1.03 bits per heavy atom. The molecule has 2 rings (SSSR count). The molecule has 0 aromatic heterocycles. The molecule has 1 fully saturated rings. The highest BCUT2D eigenvalue weighted by atomic mass is 32.2. The van der Waals surface area contributed by atoms with Crippen molar-refractivity contribution in [3.8, 4) is 0 Å². The van der Waals surface area contributed by atoms with Gasteiger partial charge < -0.3 is 9.80 Å². The van der Waals surface area contributed by atoms with Gasteiger partial charge in [-0.25, -0.2) is 4.39 Å². The third-order valence-corrected chi connectivity index (χ3v) is 6.01. The Hall–Kier alpha value is -1.65. The first-order valence-electron chi connectivity index (χ1n) is 8.74. The Bertz CT molecular complexity index is 754. The molecule has 1 aromatic rings.